The van der Waals surface area contributed by atoms with Crippen LogP contribution in [0, 0.1) is 5.92 Å². The summed E-state index contributed by atoms with van der Waals surface area (Å²) >= 11 is 0. The third-order valence-electron chi connectivity index (χ3n) is 2.65. The number of ketones is 1. The van der Waals surface area contributed by atoms with E-state index in [1.807, 2.05) is 24.3 Å². The van der Waals surface area contributed by atoms with Crippen LogP contribution in [0.5, 0.6) is 0 Å². The van der Waals surface area contributed by atoms with Gasteiger partial charge in [-0.2, -0.15) is 0 Å². The fraction of sp³-hybridized carbons (Fsp3) is 0.0833. The molecule has 0 aromatic rings. The molecule has 0 radical (unpaired) electrons. The Balaban J connectivity index is 2.15. The summed E-state index contributed by atoms with van der Waals surface area (Å²) < 4.78 is 0. The fourth-order valence-electron chi connectivity index (χ4n) is 1.96. The first-order valence-corrected chi connectivity index (χ1v) is 4.39. The number of allylic oxidation sites excluding steroid dienone is 10. The summed E-state index contributed by atoms with van der Waals surface area (Å²) in [5, 5.41) is 0. The molecule has 0 aromatic carbocycles. The maximum atomic E-state index is 11.4. The van der Waals surface area contributed by atoms with Gasteiger partial charge in [-0.25, -0.2) is 0 Å². The number of hydrogen-bond acceptors (Lipinski definition) is 1. The lowest BCUT2D eigenvalue weighted by Gasteiger charge is -2.13. The van der Waals surface area contributed by atoms with Crippen LogP contribution in [0.3, 0.4) is 0 Å². The van der Waals surface area contributed by atoms with Crippen molar-refractivity contribution in [1.29, 1.82) is 0 Å². The van der Waals surface area contributed by atoms with E-state index in [0.29, 0.717) is 0 Å². The van der Waals surface area contributed by atoms with Crippen LogP contribution in [0.2, 0.25) is 0 Å². The van der Waals surface area contributed by atoms with E-state index in [1.54, 1.807) is 6.08 Å². The summed E-state index contributed by atoms with van der Waals surface area (Å²) in [6.45, 7) is 0. The van der Waals surface area contributed by atoms with Crippen molar-refractivity contribution in [3.8, 4) is 0 Å². The average Bonchev–Trinajstić information content (AvgIpc) is 2.70. The van der Waals surface area contributed by atoms with Crippen LogP contribution in [-0.4, -0.2) is 5.78 Å². The Morgan fingerprint density at radius 2 is 2.08 bits per heavy atom. The van der Waals surface area contributed by atoms with E-state index in [1.165, 1.54) is 11.1 Å². The Hall–Kier alpha value is -1.63. The number of rotatable bonds is 0. The summed E-state index contributed by atoms with van der Waals surface area (Å²) in [5.74, 6) is 0.385. The maximum Gasteiger partial charge on any atom is 0.182 e. The molecule has 0 spiro atoms. The number of carbonyl (C=O) groups is 1. The topological polar surface area (TPSA) is 17.1 Å². The molecule has 0 saturated carbocycles. The summed E-state index contributed by atoms with van der Waals surface area (Å²) in [7, 11) is 0. The lowest BCUT2D eigenvalue weighted by atomic mass is 9.89. The highest BCUT2D eigenvalue weighted by Gasteiger charge is 2.26. The van der Waals surface area contributed by atoms with Gasteiger partial charge in [0.2, 0.25) is 0 Å². The van der Waals surface area contributed by atoms with Crippen molar-refractivity contribution in [2.75, 3.05) is 0 Å². The molecule has 0 fully saturated rings. The third-order valence-corrected chi connectivity index (χ3v) is 2.65. The van der Waals surface area contributed by atoms with Crippen molar-refractivity contribution >= 4 is 5.78 Å². The molecular weight excluding hydrogens is 160 g/mol. The zero-order valence-corrected chi connectivity index (χ0v) is 7.03. The zero-order chi connectivity index (χ0) is 8.84. The minimum atomic E-state index is 0.160. The highest BCUT2D eigenvalue weighted by molar-refractivity contribution is 6.08. The van der Waals surface area contributed by atoms with Gasteiger partial charge in [-0.3, -0.25) is 4.79 Å². The van der Waals surface area contributed by atoms with E-state index in [4.69, 9.17) is 0 Å². The van der Waals surface area contributed by atoms with Crippen molar-refractivity contribution in [2.24, 2.45) is 5.92 Å². The molecule has 1 atom stereocenters. The number of hydrogen-bond donors (Lipinski definition) is 0. The van der Waals surface area contributed by atoms with Crippen LogP contribution in [0.4, 0.5) is 0 Å². The molecule has 1 nitrogen and oxygen atoms in total. The summed E-state index contributed by atoms with van der Waals surface area (Å²) in [6.07, 6.45) is 13.9. The van der Waals surface area contributed by atoms with Gasteiger partial charge in [-0.15, -0.1) is 0 Å². The molecule has 3 aliphatic carbocycles. The standard InChI is InChI=1S/C12H8O/c13-12-5-4-10-6-8-2-1-3-9(8)7-11(10)12/h1-7,10H. The number of fused-ring (bicyclic) bond motifs is 2. The SMILES string of the molecule is O=C1C=CC2C=C3C=CC=C3C=C12. The first-order valence-electron chi connectivity index (χ1n) is 4.39. The van der Waals surface area contributed by atoms with E-state index in [2.05, 4.69) is 12.2 Å². The number of carbonyl (C=O) groups excluding carboxylic acids is 1. The normalized spacial score (nSPS) is 28.2. The predicted molar refractivity (Wildman–Crippen MR) is 51.0 cm³/mol. The fourth-order valence-corrected chi connectivity index (χ4v) is 1.96. The Bertz CT molecular complexity index is 442. The Kier molecular flexibility index (Phi) is 1.15. The second-order valence-corrected chi connectivity index (χ2v) is 3.45. The molecule has 0 aromatic heterocycles. The van der Waals surface area contributed by atoms with E-state index < -0.39 is 0 Å². The molecule has 3 rings (SSSR count). The Labute approximate surface area is 76.4 Å². The van der Waals surface area contributed by atoms with Crippen molar-refractivity contribution in [3.05, 3.63) is 59.3 Å². The minimum Gasteiger partial charge on any atom is -0.290 e. The van der Waals surface area contributed by atoms with Crippen LogP contribution >= 0.6 is 0 Å². The van der Waals surface area contributed by atoms with E-state index in [9.17, 15) is 4.79 Å². The van der Waals surface area contributed by atoms with Crippen molar-refractivity contribution in [1.82, 2.24) is 0 Å². The van der Waals surface area contributed by atoms with Crippen LogP contribution in [0.15, 0.2) is 59.3 Å². The van der Waals surface area contributed by atoms with Crippen LogP contribution in [0.1, 0.15) is 0 Å². The molecule has 13 heavy (non-hydrogen) atoms. The van der Waals surface area contributed by atoms with E-state index in [-0.39, 0.29) is 11.7 Å². The zero-order valence-electron chi connectivity index (χ0n) is 7.03. The van der Waals surface area contributed by atoms with Gasteiger partial charge >= 0.3 is 0 Å². The van der Waals surface area contributed by atoms with Gasteiger partial charge in [0.15, 0.2) is 5.78 Å². The lowest BCUT2D eigenvalue weighted by molar-refractivity contribution is -0.111. The molecule has 0 amide bonds. The second-order valence-electron chi connectivity index (χ2n) is 3.45. The van der Waals surface area contributed by atoms with Gasteiger partial charge in [0.05, 0.1) is 0 Å². The van der Waals surface area contributed by atoms with Gasteiger partial charge in [0.1, 0.15) is 0 Å². The largest absolute Gasteiger partial charge is 0.290 e. The van der Waals surface area contributed by atoms with Crippen molar-refractivity contribution < 1.29 is 4.79 Å². The van der Waals surface area contributed by atoms with Crippen LogP contribution in [0.25, 0.3) is 0 Å². The van der Waals surface area contributed by atoms with Crippen molar-refractivity contribution in [2.45, 2.75) is 0 Å². The van der Waals surface area contributed by atoms with E-state index >= 15 is 0 Å². The molecule has 3 aliphatic rings. The highest BCUT2D eigenvalue weighted by atomic mass is 16.1. The summed E-state index contributed by atoms with van der Waals surface area (Å²) in [5.41, 5.74) is 3.33. The van der Waals surface area contributed by atoms with Gasteiger partial charge in [-0.1, -0.05) is 30.4 Å². The lowest BCUT2D eigenvalue weighted by Crippen LogP contribution is -2.05. The molecule has 62 valence electrons. The third kappa shape index (κ3) is 0.842. The van der Waals surface area contributed by atoms with Gasteiger partial charge < -0.3 is 0 Å². The maximum absolute atomic E-state index is 11.4. The Morgan fingerprint density at radius 1 is 1.15 bits per heavy atom. The molecule has 0 aliphatic heterocycles. The second kappa shape index (κ2) is 2.19. The summed E-state index contributed by atoms with van der Waals surface area (Å²) in [6, 6.07) is 0. The average molecular weight is 168 g/mol. The molecule has 0 N–H and O–H groups in total. The van der Waals surface area contributed by atoms with Gasteiger partial charge in [-0.05, 0) is 23.3 Å². The smallest absolute Gasteiger partial charge is 0.182 e. The van der Waals surface area contributed by atoms with Crippen LogP contribution in [-0.2, 0) is 4.79 Å². The predicted octanol–water partition coefficient (Wildman–Crippen LogP) is 2.10. The van der Waals surface area contributed by atoms with E-state index in [0.717, 1.165) is 5.57 Å². The highest BCUT2D eigenvalue weighted by Crippen LogP contribution is 2.34. The van der Waals surface area contributed by atoms with Gasteiger partial charge in [0.25, 0.3) is 0 Å². The van der Waals surface area contributed by atoms with Crippen LogP contribution < -0.4 is 0 Å². The van der Waals surface area contributed by atoms with Gasteiger partial charge in [0, 0.05) is 11.5 Å². The quantitative estimate of drug-likeness (QED) is 0.541. The molecule has 1 unspecified atom stereocenters. The molecule has 0 heterocycles. The molecular formula is C12H8O. The monoisotopic (exact) mass is 168 g/mol. The van der Waals surface area contributed by atoms with Crippen molar-refractivity contribution in [3.63, 3.8) is 0 Å². The first-order chi connectivity index (χ1) is 6.34. The summed E-state index contributed by atoms with van der Waals surface area (Å²) in [4.78, 5) is 11.4. The molecule has 0 bridgehead atoms. The molecule has 0 saturated heterocycles. The minimum absolute atomic E-state index is 0.160. The Morgan fingerprint density at radius 3 is 3.00 bits per heavy atom. The first kappa shape index (κ1) is 6.84. The molecule has 1 heteroatoms.